The molecule has 1 rings (SSSR count). The van der Waals surface area contributed by atoms with Crippen molar-refractivity contribution < 1.29 is 9.18 Å². The van der Waals surface area contributed by atoms with Crippen LogP contribution in [0.15, 0.2) is 28.5 Å². The molecule has 4 nitrogen and oxygen atoms in total. The lowest BCUT2D eigenvalue weighted by Gasteiger charge is -2.09. The molecule has 0 aliphatic rings. The first-order valence-corrected chi connectivity index (χ1v) is 7.26. The van der Waals surface area contributed by atoms with Crippen molar-refractivity contribution >= 4 is 11.6 Å². The molecule has 0 aliphatic carbocycles. The zero-order valence-electron chi connectivity index (χ0n) is 13.5. The number of aromatic nitrogens is 1. The molecule has 0 fully saturated rings. The number of allylic oxidation sites excluding steroid dienone is 2. The van der Waals surface area contributed by atoms with E-state index in [0.29, 0.717) is 11.9 Å². The van der Waals surface area contributed by atoms with Crippen LogP contribution in [0.4, 0.5) is 10.1 Å². The third kappa shape index (κ3) is 4.85. The number of halogens is 1. The second kappa shape index (κ2) is 7.76. The minimum atomic E-state index is -0.474. The van der Waals surface area contributed by atoms with Crippen LogP contribution in [0.1, 0.15) is 47.0 Å². The predicted octanol–water partition coefficient (Wildman–Crippen LogP) is 3.51. The van der Waals surface area contributed by atoms with Crippen LogP contribution in [0.3, 0.4) is 0 Å². The van der Waals surface area contributed by atoms with E-state index in [1.54, 1.807) is 17.8 Å². The van der Waals surface area contributed by atoms with Gasteiger partial charge in [-0.25, -0.2) is 9.38 Å². The molecule has 0 aliphatic heterocycles. The molecule has 1 aromatic heterocycles. The summed E-state index contributed by atoms with van der Waals surface area (Å²) in [5, 5.41) is 2.58. The topological polar surface area (TPSA) is 46.4 Å². The Morgan fingerprint density at radius 1 is 1.38 bits per heavy atom. The third-order valence-corrected chi connectivity index (χ3v) is 3.38. The van der Waals surface area contributed by atoms with Gasteiger partial charge in [-0.1, -0.05) is 19.4 Å². The van der Waals surface area contributed by atoms with Crippen molar-refractivity contribution in [3.8, 4) is 0 Å². The molecule has 0 atom stereocenters. The van der Waals surface area contributed by atoms with Gasteiger partial charge in [-0.2, -0.15) is 0 Å². The number of hydrogen-bond acceptors (Lipinski definition) is 2. The third-order valence-electron chi connectivity index (χ3n) is 3.38. The molecule has 0 aromatic carbocycles. The van der Waals surface area contributed by atoms with E-state index in [-0.39, 0.29) is 11.6 Å². The van der Waals surface area contributed by atoms with E-state index in [1.807, 2.05) is 20.8 Å². The number of amides is 1. The van der Waals surface area contributed by atoms with Gasteiger partial charge in [0.1, 0.15) is 5.49 Å². The molecule has 1 aromatic rings. The Balaban J connectivity index is 3.16. The highest BCUT2D eigenvalue weighted by Gasteiger charge is 2.08. The van der Waals surface area contributed by atoms with Gasteiger partial charge in [0.2, 0.25) is 5.91 Å². The van der Waals surface area contributed by atoms with Crippen LogP contribution in [-0.4, -0.2) is 10.5 Å². The molecule has 1 N–H and O–H groups in total. The predicted molar refractivity (Wildman–Crippen MR) is 83.1 cm³/mol. The highest BCUT2D eigenvalue weighted by Crippen LogP contribution is 2.12. The quantitative estimate of drug-likeness (QED) is 0.887. The number of nitrogens with zero attached hydrogens (tertiary/aromatic N) is 2. The second-order valence-electron chi connectivity index (χ2n) is 5.13. The molecule has 0 saturated heterocycles. The van der Waals surface area contributed by atoms with Crippen LogP contribution in [0.2, 0.25) is 0 Å². The maximum atomic E-state index is 14.1. The summed E-state index contributed by atoms with van der Waals surface area (Å²) >= 11 is 0. The summed E-state index contributed by atoms with van der Waals surface area (Å²) < 4.78 is 15.8. The summed E-state index contributed by atoms with van der Waals surface area (Å²) in [5.74, 6) is -0.655. The van der Waals surface area contributed by atoms with Gasteiger partial charge in [-0.15, -0.1) is 0 Å². The summed E-state index contributed by atoms with van der Waals surface area (Å²) in [6.45, 7) is 7.88. The number of aryl methyl sites for hydroxylation is 1. The number of rotatable bonds is 5. The van der Waals surface area contributed by atoms with Crippen LogP contribution in [0.25, 0.3) is 0 Å². The molecule has 0 bridgehead atoms. The molecule has 21 heavy (non-hydrogen) atoms. The van der Waals surface area contributed by atoms with Crippen LogP contribution < -0.4 is 10.8 Å². The van der Waals surface area contributed by atoms with Crippen molar-refractivity contribution in [3.05, 3.63) is 34.8 Å². The van der Waals surface area contributed by atoms with Gasteiger partial charge < -0.3 is 9.88 Å². The molecule has 1 heterocycles. The molecule has 0 unspecified atom stereocenters. The van der Waals surface area contributed by atoms with Crippen LogP contribution in [0.5, 0.6) is 0 Å². The average Bonchev–Trinajstić information content (AvgIpc) is 2.43. The van der Waals surface area contributed by atoms with E-state index in [1.165, 1.54) is 6.07 Å². The number of pyridine rings is 1. The summed E-state index contributed by atoms with van der Waals surface area (Å²) in [7, 11) is 1.78. The van der Waals surface area contributed by atoms with Crippen molar-refractivity contribution in [3.63, 3.8) is 0 Å². The molecule has 0 saturated carbocycles. The number of anilines is 1. The van der Waals surface area contributed by atoms with Crippen LogP contribution in [-0.2, 0) is 11.8 Å². The fourth-order valence-corrected chi connectivity index (χ4v) is 1.78. The zero-order valence-corrected chi connectivity index (χ0v) is 13.5. The lowest BCUT2D eigenvalue weighted by Crippen LogP contribution is -2.21. The van der Waals surface area contributed by atoms with Gasteiger partial charge >= 0.3 is 0 Å². The number of hydrogen-bond donors (Lipinski definition) is 1. The Kier molecular flexibility index (Phi) is 6.34. The Morgan fingerprint density at radius 2 is 2.05 bits per heavy atom. The van der Waals surface area contributed by atoms with Crippen molar-refractivity contribution in [2.75, 3.05) is 5.32 Å². The summed E-state index contributed by atoms with van der Waals surface area (Å²) in [6, 6.07) is 1.34. The monoisotopic (exact) mass is 293 g/mol. The fraction of sp³-hybridized carbons (Fsp3) is 0.500. The highest BCUT2D eigenvalue weighted by atomic mass is 19.1. The molecule has 116 valence electrons. The van der Waals surface area contributed by atoms with Crippen molar-refractivity contribution in [1.82, 2.24) is 4.57 Å². The first-order chi connectivity index (χ1) is 9.88. The summed E-state index contributed by atoms with van der Waals surface area (Å²) in [4.78, 5) is 16.0. The highest BCUT2D eigenvalue weighted by molar-refractivity contribution is 5.90. The summed E-state index contributed by atoms with van der Waals surface area (Å²) in [5.41, 5.74) is 2.75. The van der Waals surface area contributed by atoms with E-state index < -0.39 is 5.82 Å². The van der Waals surface area contributed by atoms with Gasteiger partial charge in [0.05, 0.1) is 5.69 Å². The van der Waals surface area contributed by atoms with E-state index in [2.05, 4.69) is 17.2 Å². The van der Waals surface area contributed by atoms with Crippen molar-refractivity contribution in [1.29, 1.82) is 0 Å². The van der Waals surface area contributed by atoms with E-state index >= 15 is 0 Å². The lowest BCUT2D eigenvalue weighted by atomic mass is 10.2. The fourth-order valence-electron chi connectivity index (χ4n) is 1.78. The minimum Gasteiger partial charge on any atom is -0.334 e. The first-order valence-electron chi connectivity index (χ1n) is 7.26. The maximum Gasteiger partial charge on any atom is 0.224 e. The smallest absolute Gasteiger partial charge is 0.224 e. The summed E-state index contributed by atoms with van der Waals surface area (Å²) in [6.07, 6.45) is 3.57. The number of nitrogens with one attached hydrogen (secondary N) is 1. The standard InChI is InChI=1S/C16H24FN3O/c1-6-8-16(21)19-14-10-20(5)15(9-13(14)17)18-12(4)11(3)7-2/h9-10H,6-8H2,1-5H3,(H,19,21)/b12-11+,18-15?. The molecular formula is C16H24FN3O. The molecular weight excluding hydrogens is 269 g/mol. The van der Waals surface area contributed by atoms with Crippen molar-refractivity contribution in [2.45, 2.75) is 47.0 Å². The molecule has 1 amide bonds. The average molecular weight is 293 g/mol. The number of carbonyl (C=O) groups is 1. The van der Waals surface area contributed by atoms with E-state index in [0.717, 1.165) is 24.1 Å². The number of carbonyl (C=O) groups excluding carboxylic acids is 1. The van der Waals surface area contributed by atoms with Gasteiger partial charge in [-0.05, 0) is 26.7 Å². The minimum absolute atomic E-state index is 0.181. The SMILES string of the molecule is CCCC(=O)Nc1cn(C)c(=N/C(C)=C(\C)CC)cc1F. The Hall–Kier alpha value is -1.91. The van der Waals surface area contributed by atoms with E-state index in [4.69, 9.17) is 0 Å². The zero-order chi connectivity index (χ0) is 16.0. The molecule has 5 heteroatoms. The van der Waals surface area contributed by atoms with Crippen molar-refractivity contribution in [2.24, 2.45) is 12.0 Å². The Bertz CT molecular complexity index is 614. The molecule has 0 spiro atoms. The second-order valence-corrected chi connectivity index (χ2v) is 5.13. The van der Waals surface area contributed by atoms with Gasteiger partial charge in [-0.3, -0.25) is 4.79 Å². The van der Waals surface area contributed by atoms with Gasteiger partial charge in [0, 0.05) is 31.4 Å². The van der Waals surface area contributed by atoms with Gasteiger partial charge in [0.15, 0.2) is 5.82 Å². The Labute approximate surface area is 125 Å². The van der Waals surface area contributed by atoms with Gasteiger partial charge in [0.25, 0.3) is 0 Å². The normalized spacial score (nSPS) is 13.1. The van der Waals surface area contributed by atoms with E-state index in [9.17, 15) is 9.18 Å². The maximum absolute atomic E-state index is 14.1. The lowest BCUT2D eigenvalue weighted by molar-refractivity contribution is -0.116. The van der Waals surface area contributed by atoms with Crippen LogP contribution >= 0.6 is 0 Å². The largest absolute Gasteiger partial charge is 0.334 e. The van der Waals surface area contributed by atoms with Crippen LogP contribution in [0, 0.1) is 5.82 Å². The molecule has 0 radical (unpaired) electrons. The first kappa shape index (κ1) is 17.1. The Morgan fingerprint density at radius 3 is 2.62 bits per heavy atom.